The summed E-state index contributed by atoms with van der Waals surface area (Å²) in [5.41, 5.74) is 7.77. The van der Waals surface area contributed by atoms with E-state index in [4.69, 9.17) is 10.5 Å². The van der Waals surface area contributed by atoms with Gasteiger partial charge in [-0.25, -0.2) is 4.98 Å². The molecule has 0 aliphatic rings. The number of methoxy groups -OCH3 is 1. The van der Waals surface area contributed by atoms with Crippen molar-refractivity contribution >= 4 is 16.9 Å². The Morgan fingerprint density at radius 1 is 1.35 bits per heavy atom. The van der Waals surface area contributed by atoms with Gasteiger partial charge in [-0.3, -0.25) is 9.89 Å². The molecule has 3 rings (SSSR count). The first-order valence-electron chi connectivity index (χ1n) is 5.97. The minimum atomic E-state index is -0.578. The normalized spacial score (nSPS) is 10.7. The molecule has 1 aromatic carbocycles. The van der Waals surface area contributed by atoms with E-state index in [-0.39, 0.29) is 5.69 Å². The summed E-state index contributed by atoms with van der Waals surface area (Å²) in [6.45, 7) is 0. The molecular formula is C14H12N4O2. The quantitative estimate of drug-likeness (QED) is 0.756. The number of aromatic nitrogens is 3. The fraction of sp³-hybridized carbons (Fsp3) is 0.0714. The minimum Gasteiger partial charge on any atom is -0.497 e. The lowest BCUT2D eigenvalue weighted by atomic mass is 10.0. The topological polar surface area (TPSA) is 93.9 Å². The van der Waals surface area contributed by atoms with E-state index in [0.29, 0.717) is 5.65 Å². The summed E-state index contributed by atoms with van der Waals surface area (Å²) in [6.07, 6.45) is 1.67. The molecular weight excluding hydrogens is 256 g/mol. The molecule has 0 bridgehead atoms. The molecule has 3 aromatic rings. The van der Waals surface area contributed by atoms with E-state index in [0.717, 1.165) is 22.3 Å². The summed E-state index contributed by atoms with van der Waals surface area (Å²) in [5, 5.41) is 7.54. The van der Waals surface area contributed by atoms with Gasteiger partial charge in [0.15, 0.2) is 5.65 Å². The zero-order valence-corrected chi connectivity index (χ0v) is 10.8. The molecule has 0 aliphatic carbocycles. The molecule has 0 unspecified atom stereocenters. The second kappa shape index (κ2) is 4.65. The number of primary amides is 1. The minimum absolute atomic E-state index is 0.194. The van der Waals surface area contributed by atoms with Crippen molar-refractivity contribution in [3.05, 3.63) is 42.2 Å². The smallest absolute Gasteiger partial charge is 0.267 e. The average molecular weight is 268 g/mol. The summed E-state index contributed by atoms with van der Waals surface area (Å²) in [7, 11) is 1.61. The largest absolute Gasteiger partial charge is 0.497 e. The molecule has 0 fully saturated rings. The maximum atomic E-state index is 11.4. The molecule has 2 aromatic heterocycles. The van der Waals surface area contributed by atoms with Crippen molar-refractivity contribution in [3.63, 3.8) is 0 Å². The van der Waals surface area contributed by atoms with Gasteiger partial charge in [0.25, 0.3) is 5.91 Å². The number of ether oxygens (including phenoxy) is 1. The third-order valence-corrected chi connectivity index (χ3v) is 3.06. The van der Waals surface area contributed by atoms with E-state index in [9.17, 15) is 4.79 Å². The lowest BCUT2D eigenvalue weighted by Crippen LogP contribution is -2.13. The van der Waals surface area contributed by atoms with Crippen LogP contribution in [0.4, 0.5) is 0 Å². The number of aromatic amines is 1. The number of H-pyrrole nitrogens is 1. The Balaban J connectivity index is 2.27. The highest BCUT2D eigenvalue weighted by atomic mass is 16.5. The number of nitrogens with one attached hydrogen (secondary N) is 1. The summed E-state index contributed by atoms with van der Waals surface area (Å²) in [5.74, 6) is 0.155. The first kappa shape index (κ1) is 12.2. The Labute approximate surface area is 114 Å². The lowest BCUT2D eigenvalue weighted by Gasteiger charge is -2.07. The number of nitrogens with zero attached hydrogens (tertiary/aromatic N) is 2. The second-order valence-corrected chi connectivity index (χ2v) is 4.28. The Kier molecular flexibility index (Phi) is 2.83. The highest BCUT2D eigenvalue weighted by molar-refractivity contribution is 5.99. The van der Waals surface area contributed by atoms with E-state index in [1.54, 1.807) is 19.4 Å². The van der Waals surface area contributed by atoms with E-state index in [1.165, 1.54) is 0 Å². The number of nitrogens with two attached hydrogens (primary N) is 1. The maximum Gasteiger partial charge on any atom is 0.267 e. The predicted molar refractivity (Wildman–Crippen MR) is 74.4 cm³/mol. The highest BCUT2D eigenvalue weighted by Gasteiger charge is 2.12. The number of hydrogen-bond acceptors (Lipinski definition) is 4. The van der Waals surface area contributed by atoms with Crippen LogP contribution in [0.5, 0.6) is 5.75 Å². The molecule has 0 saturated heterocycles. The Hall–Kier alpha value is -2.89. The molecule has 0 radical (unpaired) electrons. The highest BCUT2D eigenvalue weighted by Crippen LogP contribution is 2.29. The third kappa shape index (κ3) is 1.97. The van der Waals surface area contributed by atoms with Crippen LogP contribution in [0.1, 0.15) is 10.5 Å². The average Bonchev–Trinajstić information content (AvgIpc) is 2.94. The molecule has 2 heterocycles. The van der Waals surface area contributed by atoms with Gasteiger partial charge >= 0.3 is 0 Å². The fourth-order valence-electron chi connectivity index (χ4n) is 2.08. The Morgan fingerprint density at radius 3 is 2.95 bits per heavy atom. The van der Waals surface area contributed by atoms with Crippen LogP contribution in [0.2, 0.25) is 0 Å². The van der Waals surface area contributed by atoms with Gasteiger partial charge in [0.2, 0.25) is 0 Å². The van der Waals surface area contributed by atoms with Crippen LogP contribution in [-0.4, -0.2) is 28.2 Å². The van der Waals surface area contributed by atoms with E-state index in [2.05, 4.69) is 15.2 Å². The standard InChI is InChI=1S/C14H12N4O2/c1-20-9-4-2-3-8(5-9)10-6-12(13(15)19)17-14-11(10)7-16-18-14/h2-7H,1H3,(H2,15,19)(H,16,17,18). The van der Waals surface area contributed by atoms with Gasteiger partial charge < -0.3 is 10.5 Å². The van der Waals surface area contributed by atoms with Gasteiger partial charge in [0.05, 0.1) is 13.3 Å². The lowest BCUT2D eigenvalue weighted by molar-refractivity contribution is 0.0996. The van der Waals surface area contributed by atoms with Crippen molar-refractivity contribution < 1.29 is 9.53 Å². The number of carbonyl (C=O) groups is 1. The number of pyridine rings is 1. The van der Waals surface area contributed by atoms with Gasteiger partial charge in [-0.15, -0.1) is 0 Å². The van der Waals surface area contributed by atoms with E-state index >= 15 is 0 Å². The van der Waals surface area contributed by atoms with Gasteiger partial charge in [0, 0.05) is 5.39 Å². The number of rotatable bonds is 3. The fourth-order valence-corrected chi connectivity index (χ4v) is 2.08. The SMILES string of the molecule is COc1cccc(-c2cc(C(N)=O)nc3[nH]ncc23)c1. The van der Waals surface area contributed by atoms with Crippen molar-refractivity contribution in [2.75, 3.05) is 7.11 Å². The molecule has 0 spiro atoms. The predicted octanol–water partition coefficient (Wildman–Crippen LogP) is 1.73. The van der Waals surface area contributed by atoms with Crippen molar-refractivity contribution in [3.8, 4) is 16.9 Å². The van der Waals surface area contributed by atoms with Crippen LogP contribution in [0.15, 0.2) is 36.5 Å². The van der Waals surface area contributed by atoms with Crippen LogP contribution in [-0.2, 0) is 0 Å². The van der Waals surface area contributed by atoms with Crippen molar-refractivity contribution in [1.29, 1.82) is 0 Å². The summed E-state index contributed by atoms with van der Waals surface area (Å²) in [6, 6.07) is 9.20. The summed E-state index contributed by atoms with van der Waals surface area (Å²) >= 11 is 0. The summed E-state index contributed by atoms with van der Waals surface area (Å²) < 4.78 is 5.22. The first-order valence-corrected chi connectivity index (χ1v) is 5.97. The van der Waals surface area contributed by atoms with Crippen molar-refractivity contribution in [1.82, 2.24) is 15.2 Å². The van der Waals surface area contributed by atoms with E-state index < -0.39 is 5.91 Å². The Bertz CT molecular complexity index is 795. The zero-order valence-electron chi connectivity index (χ0n) is 10.8. The monoisotopic (exact) mass is 268 g/mol. The van der Waals surface area contributed by atoms with E-state index in [1.807, 2.05) is 24.3 Å². The molecule has 0 saturated carbocycles. The molecule has 6 nitrogen and oxygen atoms in total. The molecule has 1 amide bonds. The van der Waals surface area contributed by atoms with Crippen LogP contribution in [0, 0.1) is 0 Å². The van der Waals surface area contributed by atoms with Gasteiger partial charge in [0.1, 0.15) is 11.4 Å². The molecule has 0 aliphatic heterocycles. The second-order valence-electron chi connectivity index (χ2n) is 4.28. The Morgan fingerprint density at radius 2 is 2.20 bits per heavy atom. The molecule has 3 N–H and O–H groups in total. The first-order chi connectivity index (χ1) is 9.69. The van der Waals surface area contributed by atoms with Gasteiger partial charge in [-0.1, -0.05) is 12.1 Å². The number of amides is 1. The number of benzene rings is 1. The zero-order chi connectivity index (χ0) is 14.1. The van der Waals surface area contributed by atoms with Crippen LogP contribution in [0.25, 0.3) is 22.2 Å². The number of carbonyl (C=O) groups excluding carboxylic acids is 1. The summed E-state index contributed by atoms with van der Waals surface area (Å²) in [4.78, 5) is 15.5. The number of fused-ring (bicyclic) bond motifs is 1. The third-order valence-electron chi connectivity index (χ3n) is 3.06. The molecule has 6 heteroatoms. The van der Waals surface area contributed by atoms with Crippen molar-refractivity contribution in [2.24, 2.45) is 5.73 Å². The van der Waals surface area contributed by atoms with Crippen LogP contribution < -0.4 is 10.5 Å². The molecule has 100 valence electrons. The van der Waals surface area contributed by atoms with Gasteiger partial charge in [-0.05, 0) is 29.3 Å². The van der Waals surface area contributed by atoms with Crippen LogP contribution >= 0.6 is 0 Å². The van der Waals surface area contributed by atoms with Gasteiger partial charge in [-0.2, -0.15) is 5.10 Å². The molecule has 0 atom stereocenters. The van der Waals surface area contributed by atoms with Crippen molar-refractivity contribution in [2.45, 2.75) is 0 Å². The maximum absolute atomic E-state index is 11.4. The van der Waals surface area contributed by atoms with Crippen LogP contribution in [0.3, 0.4) is 0 Å². The molecule has 20 heavy (non-hydrogen) atoms. The number of hydrogen-bond donors (Lipinski definition) is 2.